The summed E-state index contributed by atoms with van der Waals surface area (Å²) < 4.78 is 5.03. The quantitative estimate of drug-likeness (QED) is 0.355. The second kappa shape index (κ2) is 10.2. The lowest BCUT2D eigenvalue weighted by atomic mass is 9.83. The maximum Gasteiger partial charge on any atom is 0.338 e. The molecule has 2 amide bonds. The molecule has 1 aromatic heterocycles. The minimum Gasteiger partial charge on any atom is -0.462 e. The van der Waals surface area contributed by atoms with Gasteiger partial charge in [-0.2, -0.15) is 0 Å². The molecule has 37 heavy (non-hydrogen) atoms. The van der Waals surface area contributed by atoms with Gasteiger partial charge in [-0.1, -0.05) is 35.2 Å². The molecule has 8 nitrogen and oxygen atoms in total. The Morgan fingerprint density at radius 3 is 2.27 bits per heavy atom. The van der Waals surface area contributed by atoms with Crippen LogP contribution in [-0.4, -0.2) is 47.7 Å². The molecule has 3 aromatic rings. The molecule has 1 saturated heterocycles. The van der Waals surface area contributed by atoms with Gasteiger partial charge in [-0.3, -0.25) is 14.4 Å². The van der Waals surface area contributed by atoms with E-state index in [0.29, 0.717) is 16.3 Å². The summed E-state index contributed by atoms with van der Waals surface area (Å²) in [6.45, 7) is 7.93. The van der Waals surface area contributed by atoms with E-state index in [9.17, 15) is 19.2 Å². The molecule has 10 heteroatoms. The first kappa shape index (κ1) is 25.3. The van der Waals surface area contributed by atoms with E-state index >= 15 is 0 Å². The maximum atomic E-state index is 13.8. The molecule has 0 aliphatic carbocycles. The molecule has 0 spiro atoms. The zero-order valence-corrected chi connectivity index (χ0v) is 22.4. The highest BCUT2D eigenvalue weighted by Gasteiger charge is 2.56. The Morgan fingerprint density at radius 1 is 0.973 bits per heavy atom. The molecule has 2 aromatic carbocycles. The van der Waals surface area contributed by atoms with Crippen molar-refractivity contribution in [1.29, 1.82) is 0 Å². The Kier molecular flexibility index (Phi) is 6.96. The highest BCUT2D eigenvalue weighted by atomic mass is 32.2. The fourth-order valence-electron chi connectivity index (χ4n) is 5.07. The molecular formula is C27H27N3O5S2. The molecule has 2 unspecified atom stereocenters. The van der Waals surface area contributed by atoms with Gasteiger partial charge < -0.3 is 14.6 Å². The van der Waals surface area contributed by atoms with E-state index in [1.54, 1.807) is 31.2 Å². The average Bonchev–Trinajstić information content (AvgIpc) is 3.39. The largest absolute Gasteiger partial charge is 0.462 e. The van der Waals surface area contributed by atoms with E-state index in [0.717, 1.165) is 40.6 Å². The number of esters is 1. The van der Waals surface area contributed by atoms with Crippen molar-refractivity contribution in [2.45, 2.75) is 37.0 Å². The molecule has 0 radical (unpaired) electrons. The Hall–Kier alpha value is -3.37. The molecule has 3 heterocycles. The van der Waals surface area contributed by atoms with Crippen molar-refractivity contribution in [2.75, 3.05) is 29.5 Å². The van der Waals surface area contributed by atoms with Gasteiger partial charge in [-0.25, -0.2) is 9.69 Å². The predicted molar refractivity (Wildman–Crippen MR) is 145 cm³/mol. The van der Waals surface area contributed by atoms with Gasteiger partial charge >= 0.3 is 10.8 Å². The zero-order valence-electron chi connectivity index (χ0n) is 20.7. The highest BCUT2D eigenvalue weighted by molar-refractivity contribution is 8.00. The topological polar surface area (TPSA) is 99.8 Å². The van der Waals surface area contributed by atoms with Gasteiger partial charge in [-0.15, -0.1) is 0 Å². The number of nitrogens with zero attached hydrogens (tertiary/aromatic N) is 2. The summed E-state index contributed by atoms with van der Waals surface area (Å²) >= 11 is 2.34. The lowest BCUT2D eigenvalue weighted by Crippen LogP contribution is -2.32. The summed E-state index contributed by atoms with van der Waals surface area (Å²) in [6, 6.07) is 14.3. The van der Waals surface area contributed by atoms with Crippen LogP contribution in [0.4, 0.5) is 11.4 Å². The van der Waals surface area contributed by atoms with E-state index < -0.39 is 23.1 Å². The van der Waals surface area contributed by atoms with E-state index in [-0.39, 0.29) is 23.3 Å². The predicted octanol–water partition coefficient (Wildman–Crippen LogP) is 4.26. The number of thioether (sulfide) groups is 1. The van der Waals surface area contributed by atoms with Crippen molar-refractivity contribution in [3.8, 4) is 0 Å². The fourth-order valence-corrected chi connectivity index (χ4v) is 7.59. The second-order valence-electron chi connectivity index (χ2n) is 8.79. The number of amides is 2. The first-order chi connectivity index (χ1) is 17.9. The van der Waals surface area contributed by atoms with E-state index in [1.165, 1.54) is 16.7 Å². The monoisotopic (exact) mass is 537 g/mol. The Bertz CT molecular complexity index is 1390. The van der Waals surface area contributed by atoms with Gasteiger partial charge in [0.15, 0.2) is 0 Å². The molecule has 1 fully saturated rings. The Balaban J connectivity index is 1.52. The lowest BCUT2D eigenvalue weighted by Gasteiger charge is -2.30. The first-order valence-electron chi connectivity index (χ1n) is 12.3. The van der Waals surface area contributed by atoms with Gasteiger partial charge in [-0.05, 0) is 62.7 Å². The molecule has 2 aliphatic heterocycles. The number of carbonyl (C=O) groups excluding carboxylic acids is 3. The van der Waals surface area contributed by atoms with Crippen molar-refractivity contribution in [2.24, 2.45) is 5.92 Å². The van der Waals surface area contributed by atoms with Gasteiger partial charge in [0.25, 0.3) is 0 Å². The van der Waals surface area contributed by atoms with Gasteiger partial charge in [0.1, 0.15) is 5.25 Å². The standard InChI is InChI=1S/C27H27N3O5S2/c1-4-29(5-2)17-11-7-15(8-12-17)19-20-22(36-23-21(19)37-27(34)28-23)25(32)30(24(20)31)18-13-9-16(10-14-18)26(33)35-6-3/h7-14,19-20,22H,4-6H2,1-3H3,(H,28,34)/t19-,20?,22?/m1/s1. The van der Waals surface area contributed by atoms with Gasteiger partial charge in [0.2, 0.25) is 11.8 Å². The molecule has 192 valence electrons. The normalized spacial score (nSPS) is 20.5. The maximum absolute atomic E-state index is 13.8. The highest BCUT2D eigenvalue weighted by Crippen LogP contribution is 2.53. The van der Waals surface area contributed by atoms with E-state index in [4.69, 9.17) is 4.74 Å². The number of imide groups is 1. The smallest absolute Gasteiger partial charge is 0.338 e. The number of hydrogen-bond acceptors (Lipinski definition) is 8. The number of thiazole rings is 1. The van der Waals surface area contributed by atoms with E-state index in [1.807, 2.05) is 24.3 Å². The molecule has 0 saturated carbocycles. The van der Waals surface area contributed by atoms with Crippen molar-refractivity contribution >= 4 is 52.3 Å². The zero-order chi connectivity index (χ0) is 26.3. The third-order valence-electron chi connectivity index (χ3n) is 6.84. The number of carbonyl (C=O) groups is 3. The van der Waals surface area contributed by atoms with Crippen LogP contribution in [0.2, 0.25) is 0 Å². The van der Waals surface area contributed by atoms with Crippen LogP contribution in [0.3, 0.4) is 0 Å². The van der Waals surface area contributed by atoms with Crippen molar-refractivity contribution < 1.29 is 19.1 Å². The summed E-state index contributed by atoms with van der Waals surface area (Å²) in [5, 5.41) is -0.0165. The van der Waals surface area contributed by atoms with Crippen LogP contribution in [0, 0.1) is 5.92 Å². The third kappa shape index (κ3) is 4.38. The van der Waals surface area contributed by atoms with Crippen molar-refractivity contribution in [3.63, 3.8) is 0 Å². The number of H-pyrrole nitrogens is 1. The molecular weight excluding hydrogens is 510 g/mol. The number of aromatic amines is 1. The van der Waals surface area contributed by atoms with Crippen molar-refractivity contribution in [1.82, 2.24) is 4.98 Å². The van der Waals surface area contributed by atoms with Crippen LogP contribution < -0.4 is 14.7 Å². The summed E-state index contributed by atoms with van der Waals surface area (Å²) in [6.07, 6.45) is 0. The van der Waals surface area contributed by atoms with Crippen LogP contribution in [0.15, 0.2) is 58.4 Å². The minimum absolute atomic E-state index is 0.200. The number of anilines is 2. The Labute approximate surface area is 222 Å². The Morgan fingerprint density at radius 2 is 1.65 bits per heavy atom. The van der Waals surface area contributed by atoms with E-state index in [2.05, 4.69) is 23.7 Å². The molecule has 1 N–H and O–H groups in total. The number of ether oxygens (including phenoxy) is 1. The number of benzene rings is 2. The summed E-state index contributed by atoms with van der Waals surface area (Å²) in [4.78, 5) is 58.6. The lowest BCUT2D eigenvalue weighted by molar-refractivity contribution is -0.122. The molecule has 0 bridgehead atoms. The number of aromatic nitrogens is 1. The number of fused-ring (bicyclic) bond motifs is 2. The van der Waals surface area contributed by atoms with Crippen LogP contribution in [0.5, 0.6) is 0 Å². The van der Waals surface area contributed by atoms with Crippen LogP contribution in [-0.2, 0) is 14.3 Å². The van der Waals surface area contributed by atoms with Gasteiger partial charge in [0.05, 0.1) is 28.8 Å². The summed E-state index contributed by atoms with van der Waals surface area (Å²) in [5.41, 5.74) is 2.73. The fraction of sp³-hybridized carbons (Fsp3) is 0.333. The summed E-state index contributed by atoms with van der Waals surface area (Å²) in [7, 11) is 0. The number of nitrogens with one attached hydrogen (secondary N) is 1. The van der Waals surface area contributed by atoms with Gasteiger partial charge in [0, 0.05) is 29.6 Å². The number of hydrogen-bond donors (Lipinski definition) is 1. The molecule has 2 aliphatic rings. The first-order valence-corrected chi connectivity index (χ1v) is 14.0. The molecule has 3 atom stereocenters. The third-order valence-corrected chi connectivity index (χ3v) is 9.24. The van der Waals surface area contributed by atoms with Crippen LogP contribution in [0.25, 0.3) is 0 Å². The summed E-state index contributed by atoms with van der Waals surface area (Å²) in [5.74, 6) is -2.17. The second-order valence-corrected chi connectivity index (χ2v) is 11.0. The van der Waals surface area contributed by atoms with Crippen LogP contribution in [0.1, 0.15) is 47.5 Å². The number of rotatable bonds is 7. The minimum atomic E-state index is -0.664. The van der Waals surface area contributed by atoms with Crippen LogP contribution >= 0.6 is 23.1 Å². The van der Waals surface area contributed by atoms with Crippen molar-refractivity contribution in [3.05, 3.63) is 74.2 Å². The molecule has 5 rings (SSSR count). The SMILES string of the molecule is CCOC(=O)c1ccc(N2C(=O)C3Sc4[nH]c(=O)sc4[C@H](c4ccc(N(CC)CC)cc4)C3C2=O)cc1. The average molecular weight is 538 g/mol.